The van der Waals surface area contributed by atoms with E-state index in [0.29, 0.717) is 0 Å². The van der Waals surface area contributed by atoms with Gasteiger partial charge in [0.05, 0.1) is 0 Å². The molecule has 6 aliphatic carbocycles. The first kappa shape index (κ1) is 33.5. The second-order valence-electron chi connectivity index (χ2n) is 20.1. The zero-order chi connectivity index (χ0) is 36.5. The van der Waals surface area contributed by atoms with Crippen molar-refractivity contribution in [2.24, 2.45) is 23.7 Å². The van der Waals surface area contributed by atoms with Crippen molar-refractivity contribution in [3.63, 3.8) is 0 Å². The van der Waals surface area contributed by atoms with E-state index in [4.69, 9.17) is 0 Å². The van der Waals surface area contributed by atoms with Crippen molar-refractivity contribution in [1.29, 1.82) is 0 Å². The van der Waals surface area contributed by atoms with Gasteiger partial charge in [-0.05, 0) is 171 Å². The average molecular weight is 696 g/mol. The number of hydrogen-bond donors (Lipinski definition) is 0. The van der Waals surface area contributed by atoms with E-state index in [2.05, 4.69) is 163 Å². The molecule has 53 heavy (non-hydrogen) atoms. The topological polar surface area (TPSA) is 3.24 Å². The molecule has 4 saturated carbocycles. The van der Waals surface area contributed by atoms with Crippen LogP contribution in [0.15, 0.2) is 109 Å². The molecule has 0 amide bonds. The van der Waals surface area contributed by atoms with Crippen LogP contribution in [0.1, 0.15) is 121 Å². The molecule has 0 saturated heterocycles. The lowest BCUT2D eigenvalue weighted by atomic mass is 9.43. The summed E-state index contributed by atoms with van der Waals surface area (Å²) in [5.41, 5.74) is 17.6. The predicted molar refractivity (Wildman–Crippen MR) is 224 cm³/mol. The van der Waals surface area contributed by atoms with Gasteiger partial charge < -0.3 is 4.90 Å². The van der Waals surface area contributed by atoms with Crippen LogP contribution < -0.4 is 4.90 Å². The first-order valence-corrected chi connectivity index (χ1v) is 20.7. The van der Waals surface area contributed by atoms with Crippen molar-refractivity contribution >= 4 is 17.1 Å². The Balaban J connectivity index is 1.09. The largest absolute Gasteiger partial charge is 0.310 e. The highest BCUT2D eigenvalue weighted by atomic mass is 15.1. The van der Waals surface area contributed by atoms with Crippen LogP contribution in [-0.2, 0) is 21.7 Å². The number of anilines is 3. The van der Waals surface area contributed by atoms with Crippen LogP contribution >= 0.6 is 0 Å². The summed E-state index contributed by atoms with van der Waals surface area (Å²) in [7, 11) is 0. The Morgan fingerprint density at radius 3 is 1.70 bits per heavy atom. The maximum Gasteiger partial charge on any atom is 0.0464 e. The third-order valence-corrected chi connectivity index (χ3v) is 15.1. The SMILES string of the molecule is CC(C)(C)c1ccc(N(c2ccc(-c3cccc4c3-c3ccccc3C43C4CC5CC(C4)CC3C5)cc2)c2ccc3c(c2)C(C)(C)CCC3(C)C)cc1. The summed E-state index contributed by atoms with van der Waals surface area (Å²) >= 11 is 0. The van der Waals surface area contributed by atoms with Crippen molar-refractivity contribution in [3.05, 3.63) is 137 Å². The molecule has 0 aromatic heterocycles. The van der Waals surface area contributed by atoms with Crippen molar-refractivity contribution in [2.75, 3.05) is 4.90 Å². The minimum Gasteiger partial charge on any atom is -0.310 e. The van der Waals surface area contributed by atoms with Gasteiger partial charge in [0.1, 0.15) is 0 Å². The van der Waals surface area contributed by atoms with E-state index in [9.17, 15) is 0 Å². The quantitative estimate of drug-likeness (QED) is 0.181. The number of hydrogen-bond acceptors (Lipinski definition) is 1. The standard InChI is InChI=1S/C52H57N/c1-49(2,3)36-17-21-40(22-18-36)53(41-23-24-45-47(32-41)51(6,7)26-25-50(45,4)5)39-19-15-35(16-20-39)42-12-10-14-46-48(42)43-11-8-9-13-44(43)52(46)37-28-33-27-34(30-37)31-38(52)29-33/h8-24,32-34,37-38H,25-31H2,1-7H3. The van der Waals surface area contributed by atoms with Crippen molar-refractivity contribution < 1.29 is 0 Å². The normalized spacial score (nSPS) is 27.0. The fourth-order valence-electron chi connectivity index (χ4n) is 12.5. The number of nitrogens with zero attached hydrogens (tertiary/aromatic N) is 1. The van der Waals surface area contributed by atoms with Gasteiger partial charge >= 0.3 is 0 Å². The van der Waals surface area contributed by atoms with Crippen LogP contribution in [0.25, 0.3) is 22.3 Å². The zero-order valence-corrected chi connectivity index (χ0v) is 33.1. The number of rotatable bonds is 4. The summed E-state index contributed by atoms with van der Waals surface area (Å²) in [4.78, 5) is 2.49. The van der Waals surface area contributed by atoms with E-state index in [1.807, 2.05) is 0 Å². The van der Waals surface area contributed by atoms with Crippen LogP contribution in [0.3, 0.4) is 0 Å². The first-order chi connectivity index (χ1) is 25.3. The summed E-state index contributed by atoms with van der Waals surface area (Å²) in [5.74, 6) is 3.47. The molecular formula is C52H57N. The molecule has 4 bridgehead atoms. The van der Waals surface area contributed by atoms with Crippen molar-refractivity contribution in [1.82, 2.24) is 0 Å². The van der Waals surface area contributed by atoms with Crippen LogP contribution in [0.4, 0.5) is 17.1 Å². The molecule has 11 rings (SSSR count). The Morgan fingerprint density at radius 2 is 1.06 bits per heavy atom. The second-order valence-corrected chi connectivity index (χ2v) is 20.1. The molecule has 5 aromatic rings. The Kier molecular flexibility index (Phi) is 7.23. The highest BCUT2D eigenvalue weighted by Crippen LogP contribution is 2.70. The maximum absolute atomic E-state index is 2.53. The molecule has 0 aliphatic heterocycles. The van der Waals surface area contributed by atoms with Gasteiger partial charge in [0, 0.05) is 22.5 Å². The molecule has 0 heterocycles. The molecule has 270 valence electrons. The Bertz CT molecular complexity index is 2200. The molecular weight excluding hydrogens is 639 g/mol. The summed E-state index contributed by atoms with van der Waals surface area (Å²) in [6, 6.07) is 43.0. The third kappa shape index (κ3) is 4.94. The summed E-state index contributed by atoms with van der Waals surface area (Å²) in [6.07, 6.45) is 9.60. The van der Waals surface area contributed by atoms with Crippen LogP contribution in [0.2, 0.25) is 0 Å². The van der Waals surface area contributed by atoms with Gasteiger partial charge in [0.15, 0.2) is 0 Å². The number of fused-ring (bicyclic) bond motifs is 4. The molecule has 0 radical (unpaired) electrons. The lowest BCUT2D eigenvalue weighted by Gasteiger charge is -2.61. The number of benzene rings is 5. The second kappa shape index (κ2) is 11.5. The minimum absolute atomic E-state index is 0.107. The molecule has 5 aromatic carbocycles. The van der Waals surface area contributed by atoms with E-state index in [-0.39, 0.29) is 21.7 Å². The van der Waals surface area contributed by atoms with Crippen LogP contribution in [0, 0.1) is 23.7 Å². The highest BCUT2D eigenvalue weighted by molar-refractivity contribution is 5.93. The van der Waals surface area contributed by atoms with Gasteiger partial charge in [0.25, 0.3) is 0 Å². The highest BCUT2D eigenvalue weighted by Gasteiger charge is 2.61. The lowest BCUT2D eigenvalue weighted by molar-refractivity contribution is -0.0399. The monoisotopic (exact) mass is 695 g/mol. The van der Waals surface area contributed by atoms with Gasteiger partial charge in [-0.25, -0.2) is 0 Å². The smallest absolute Gasteiger partial charge is 0.0464 e. The molecule has 6 aliphatic rings. The van der Waals surface area contributed by atoms with Gasteiger partial charge in [-0.2, -0.15) is 0 Å². The zero-order valence-electron chi connectivity index (χ0n) is 33.1. The Hall–Kier alpha value is -4.10. The minimum atomic E-state index is 0.107. The molecule has 1 spiro atoms. The summed E-state index contributed by atoms with van der Waals surface area (Å²) < 4.78 is 0. The van der Waals surface area contributed by atoms with Crippen LogP contribution in [-0.4, -0.2) is 0 Å². The first-order valence-electron chi connectivity index (χ1n) is 20.7. The van der Waals surface area contributed by atoms with Gasteiger partial charge in [-0.1, -0.05) is 121 Å². The van der Waals surface area contributed by atoms with Crippen molar-refractivity contribution in [3.8, 4) is 22.3 Å². The summed E-state index contributed by atoms with van der Waals surface area (Å²) in [6.45, 7) is 16.6. The van der Waals surface area contributed by atoms with E-state index in [1.165, 1.54) is 101 Å². The average Bonchev–Trinajstić information content (AvgIpc) is 3.44. The molecule has 1 heteroatoms. The third-order valence-electron chi connectivity index (χ3n) is 15.1. The summed E-state index contributed by atoms with van der Waals surface area (Å²) in [5, 5.41) is 0. The van der Waals surface area contributed by atoms with E-state index in [0.717, 1.165) is 23.7 Å². The van der Waals surface area contributed by atoms with Gasteiger partial charge in [-0.3, -0.25) is 0 Å². The lowest BCUT2D eigenvalue weighted by Crippen LogP contribution is -2.55. The fraction of sp³-hybridized carbons (Fsp3) is 0.423. The Labute approximate surface area is 318 Å². The van der Waals surface area contributed by atoms with E-state index >= 15 is 0 Å². The Morgan fingerprint density at radius 1 is 0.509 bits per heavy atom. The van der Waals surface area contributed by atoms with Gasteiger partial charge in [-0.15, -0.1) is 0 Å². The van der Waals surface area contributed by atoms with E-state index < -0.39 is 0 Å². The predicted octanol–water partition coefficient (Wildman–Crippen LogP) is 14.2. The molecule has 4 fully saturated rings. The van der Waals surface area contributed by atoms with E-state index in [1.54, 1.807) is 11.1 Å². The fourth-order valence-corrected chi connectivity index (χ4v) is 12.5. The molecule has 0 unspecified atom stereocenters. The molecule has 0 atom stereocenters. The maximum atomic E-state index is 2.53. The van der Waals surface area contributed by atoms with Gasteiger partial charge in [0.2, 0.25) is 0 Å². The van der Waals surface area contributed by atoms with Crippen molar-refractivity contribution in [2.45, 2.75) is 115 Å². The molecule has 0 N–H and O–H groups in total. The van der Waals surface area contributed by atoms with Crippen LogP contribution in [0.5, 0.6) is 0 Å². The molecule has 1 nitrogen and oxygen atoms in total.